The van der Waals surface area contributed by atoms with Crippen LogP contribution in [0, 0.1) is 0 Å². The lowest BCUT2D eigenvalue weighted by atomic mass is 10.2. The highest BCUT2D eigenvalue weighted by atomic mass is 32.2. The number of rotatable bonds is 7. The van der Waals surface area contributed by atoms with Crippen LogP contribution in [0.4, 0.5) is 0 Å². The normalized spacial score (nSPS) is 12.9. The van der Waals surface area contributed by atoms with Gasteiger partial charge in [0.2, 0.25) is 0 Å². The van der Waals surface area contributed by atoms with E-state index < -0.39 is 0 Å². The van der Waals surface area contributed by atoms with Gasteiger partial charge in [-0.15, -0.1) is 0 Å². The standard InChI is InChI=1S/C10H21NO2S/c1-5-9(8-14-4)11(2)7-6-10(12)13-3/h9H,5-8H2,1-4H3. The Morgan fingerprint density at radius 1 is 1.57 bits per heavy atom. The summed E-state index contributed by atoms with van der Waals surface area (Å²) in [5, 5.41) is 0. The molecule has 0 aromatic rings. The molecule has 4 heteroatoms. The molecule has 1 unspecified atom stereocenters. The van der Waals surface area contributed by atoms with E-state index in [1.54, 1.807) is 0 Å². The number of methoxy groups -OCH3 is 1. The molecule has 0 heterocycles. The van der Waals surface area contributed by atoms with E-state index in [9.17, 15) is 4.79 Å². The minimum absolute atomic E-state index is 0.129. The molecular weight excluding hydrogens is 198 g/mol. The van der Waals surface area contributed by atoms with E-state index in [4.69, 9.17) is 0 Å². The van der Waals surface area contributed by atoms with Crippen molar-refractivity contribution in [2.24, 2.45) is 0 Å². The van der Waals surface area contributed by atoms with Crippen molar-refractivity contribution in [3.8, 4) is 0 Å². The lowest BCUT2D eigenvalue weighted by molar-refractivity contribution is -0.141. The molecule has 0 radical (unpaired) electrons. The molecule has 1 atom stereocenters. The first-order valence-corrected chi connectivity index (χ1v) is 6.31. The van der Waals surface area contributed by atoms with Crippen LogP contribution in [0.15, 0.2) is 0 Å². The van der Waals surface area contributed by atoms with Gasteiger partial charge in [0.05, 0.1) is 13.5 Å². The van der Waals surface area contributed by atoms with Crippen LogP contribution < -0.4 is 0 Å². The fourth-order valence-corrected chi connectivity index (χ4v) is 2.18. The molecule has 0 bridgehead atoms. The first-order chi connectivity index (χ1) is 6.65. The Balaban J connectivity index is 3.79. The molecule has 0 aliphatic rings. The lowest BCUT2D eigenvalue weighted by Gasteiger charge is -2.25. The smallest absolute Gasteiger partial charge is 0.306 e. The van der Waals surface area contributed by atoms with Gasteiger partial charge in [-0.2, -0.15) is 11.8 Å². The number of thioether (sulfide) groups is 1. The van der Waals surface area contributed by atoms with Gasteiger partial charge < -0.3 is 9.64 Å². The van der Waals surface area contributed by atoms with Gasteiger partial charge in [0.1, 0.15) is 0 Å². The Morgan fingerprint density at radius 2 is 2.21 bits per heavy atom. The highest BCUT2D eigenvalue weighted by molar-refractivity contribution is 7.98. The Bertz CT molecular complexity index is 164. The van der Waals surface area contributed by atoms with Crippen molar-refractivity contribution in [1.29, 1.82) is 0 Å². The molecule has 0 fully saturated rings. The van der Waals surface area contributed by atoms with E-state index in [1.165, 1.54) is 7.11 Å². The summed E-state index contributed by atoms with van der Waals surface area (Å²) in [5.74, 6) is 0.990. The second-order valence-corrected chi connectivity index (χ2v) is 4.23. The van der Waals surface area contributed by atoms with Crippen LogP contribution in [0.5, 0.6) is 0 Å². The largest absolute Gasteiger partial charge is 0.469 e. The molecule has 14 heavy (non-hydrogen) atoms. The first kappa shape index (κ1) is 13.8. The third-order valence-electron chi connectivity index (χ3n) is 2.35. The summed E-state index contributed by atoms with van der Waals surface area (Å²) in [6, 6.07) is 0.564. The van der Waals surface area contributed by atoms with Crippen molar-refractivity contribution in [3.05, 3.63) is 0 Å². The van der Waals surface area contributed by atoms with Gasteiger partial charge in [0.25, 0.3) is 0 Å². The van der Waals surface area contributed by atoms with Gasteiger partial charge in [0, 0.05) is 18.3 Å². The van der Waals surface area contributed by atoms with Crippen LogP contribution in [0.1, 0.15) is 19.8 Å². The maximum atomic E-state index is 10.9. The summed E-state index contributed by atoms with van der Waals surface area (Å²) < 4.78 is 4.60. The predicted molar refractivity (Wildman–Crippen MR) is 61.7 cm³/mol. The maximum absolute atomic E-state index is 10.9. The van der Waals surface area contributed by atoms with Gasteiger partial charge in [-0.1, -0.05) is 6.92 Å². The van der Waals surface area contributed by atoms with Gasteiger partial charge in [-0.25, -0.2) is 0 Å². The molecular formula is C10H21NO2S. The number of nitrogens with zero attached hydrogens (tertiary/aromatic N) is 1. The van der Waals surface area contributed by atoms with Crippen molar-refractivity contribution in [3.63, 3.8) is 0 Å². The number of carbonyl (C=O) groups is 1. The summed E-state index contributed by atoms with van der Waals surface area (Å²) in [6.45, 7) is 2.96. The Morgan fingerprint density at radius 3 is 2.64 bits per heavy atom. The minimum atomic E-state index is -0.129. The highest BCUT2D eigenvalue weighted by Crippen LogP contribution is 2.08. The number of carbonyl (C=O) groups excluding carboxylic acids is 1. The third-order valence-corrected chi connectivity index (χ3v) is 3.07. The third kappa shape index (κ3) is 5.50. The van der Waals surface area contributed by atoms with Crippen LogP contribution in [0.25, 0.3) is 0 Å². The SMILES string of the molecule is CCC(CSC)N(C)CCC(=O)OC. The van der Waals surface area contributed by atoms with E-state index in [2.05, 4.69) is 29.9 Å². The van der Waals surface area contributed by atoms with Crippen LogP contribution in [-0.4, -0.2) is 49.6 Å². The Kier molecular flexibility index (Phi) is 7.99. The van der Waals surface area contributed by atoms with E-state index in [0.29, 0.717) is 12.5 Å². The molecule has 0 N–H and O–H groups in total. The van der Waals surface area contributed by atoms with Gasteiger partial charge in [-0.3, -0.25) is 4.79 Å². The highest BCUT2D eigenvalue weighted by Gasteiger charge is 2.12. The van der Waals surface area contributed by atoms with Crippen LogP contribution >= 0.6 is 11.8 Å². The van der Waals surface area contributed by atoms with Gasteiger partial charge in [-0.05, 0) is 19.7 Å². The van der Waals surface area contributed by atoms with Crippen LogP contribution in [0.3, 0.4) is 0 Å². The number of ether oxygens (including phenoxy) is 1. The van der Waals surface area contributed by atoms with Crippen molar-refractivity contribution >= 4 is 17.7 Å². The summed E-state index contributed by atoms with van der Waals surface area (Å²) in [5.41, 5.74) is 0. The molecule has 0 saturated heterocycles. The zero-order chi connectivity index (χ0) is 11.0. The van der Waals surface area contributed by atoms with E-state index in [0.717, 1.165) is 18.7 Å². The minimum Gasteiger partial charge on any atom is -0.469 e. The zero-order valence-electron chi connectivity index (χ0n) is 9.58. The van der Waals surface area contributed by atoms with Gasteiger partial charge >= 0.3 is 5.97 Å². The molecule has 0 amide bonds. The maximum Gasteiger partial charge on any atom is 0.306 e. The first-order valence-electron chi connectivity index (χ1n) is 4.91. The Labute approximate surface area is 91.2 Å². The number of esters is 1. The van der Waals surface area contributed by atoms with Crippen molar-refractivity contribution < 1.29 is 9.53 Å². The average molecular weight is 219 g/mol. The second kappa shape index (κ2) is 8.12. The molecule has 0 aliphatic heterocycles. The van der Waals surface area contributed by atoms with Crippen molar-refractivity contribution in [2.75, 3.05) is 32.7 Å². The quantitative estimate of drug-likeness (QED) is 0.609. The topological polar surface area (TPSA) is 29.5 Å². The van der Waals surface area contributed by atoms with Gasteiger partial charge in [0.15, 0.2) is 0 Å². The molecule has 0 aliphatic carbocycles. The van der Waals surface area contributed by atoms with E-state index in [1.807, 2.05) is 11.8 Å². The fourth-order valence-electron chi connectivity index (χ4n) is 1.30. The summed E-state index contributed by atoms with van der Waals surface area (Å²) in [6.07, 6.45) is 3.72. The monoisotopic (exact) mass is 219 g/mol. The predicted octanol–water partition coefficient (Wildman–Crippen LogP) is 1.62. The van der Waals surface area contributed by atoms with Crippen LogP contribution in [-0.2, 0) is 9.53 Å². The second-order valence-electron chi connectivity index (χ2n) is 3.32. The summed E-state index contributed by atoms with van der Waals surface area (Å²) in [4.78, 5) is 13.2. The average Bonchev–Trinajstić information content (AvgIpc) is 2.21. The van der Waals surface area contributed by atoms with Crippen LogP contribution in [0.2, 0.25) is 0 Å². The molecule has 0 spiro atoms. The zero-order valence-corrected chi connectivity index (χ0v) is 10.4. The number of hydrogen-bond acceptors (Lipinski definition) is 4. The summed E-state index contributed by atoms with van der Waals surface area (Å²) in [7, 11) is 3.49. The summed E-state index contributed by atoms with van der Waals surface area (Å²) >= 11 is 1.84. The molecule has 0 rings (SSSR count). The molecule has 0 saturated carbocycles. The molecule has 0 aromatic carbocycles. The van der Waals surface area contributed by atoms with Crippen molar-refractivity contribution in [1.82, 2.24) is 4.90 Å². The van der Waals surface area contributed by atoms with Crippen molar-refractivity contribution in [2.45, 2.75) is 25.8 Å². The van der Waals surface area contributed by atoms with E-state index >= 15 is 0 Å². The molecule has 84 valence electrons. The lowest BCUT2D eigenvalue weighted by Crippen LogP contribution is -2.34. The number of hydrogen-bond donors (Lipinski definition) is 0. The molecule has 3 nitrogen and oxygen atoms in total. The Hall–Kier alpha value is -0.220. The fraction of sp³-hybridized carbons (Fsp3) is 0.900. The van der Waals surface area contributed by atoms with E-state index in [-0.39, 0.29) is 5.97 Å². The molecule has 0 aromatic heterocycles.